The van der Waals surface area contributed by atoms with Crippen LogP contribution in [0.2, 0.25) is 17.3 Å². The fourth-order valence-corrected chi connectivity index (χ4v) is 9.86. The zero-order valence-electron chi connectivity index (χ0n) is 30.0. The number of pyridine rings is 2. The van der Waals surface area contributed by atoms with Crippen LogP contribution >= 0.6 is 0 Å². The molecule has 0 saturated heterocycles. The molecule has 0 unspecified atom stereocenters. The van der Waals surface area contributed by atoms with Crippen LogP contribution < -0.4 is 4.40 Å². The molecule has 0 atom stereocenters. The van der Waals surface area contributed by atoms with Crippen LogP contribution in [-0.4, -0.2) is 23.2 Å². The van der Waals surface area contributed by atoms with E-state index in [1.807, 2.05) is 30.6 Å². The van der Waals surface area contributed by atoms with E-state index in [0.717, 1.165) is 50.9 Å². The summed E-state index contributed by atoms with van der Waals surface area (Å²) in [5.74, 6) is 6.79. The summed E-state index contributed by atoms with van der Waals surface area (Å²) in [5, 5.41) is 2.22. The molecular formula is C44H43FGeIrN2O-2. The minimum Gasteiger partial charge on any atom is -0.501 e. The van der Waals surface area contributed by atoms with E-state index in [9.17, 15) is 4.39 Å². The molecule has 4 aromatic carbocycles. The van der Waals surface area contributed by atoms with Crippen molar-refractivity contribution in [3.8, 4) is 33.6 Å². The number of fused-ring (bicyclic) bond motifs is 3. The molecule has 50 heavy (non-hydrogen) atoms. The van der Waals surface area contributed by atoms with Crippen LogP contribution in [-0.2, 0) is 26.5 Å². The zero-order valence-corrected chi connectivity index (χ0v) is 34.5. The molecule has 3 nitrogen and oxygen atoms in total. The van der Waals surface area contributed by atoms with Gasteiger partial charge in [0.25, 0.3) is 0 Å². The van der Waals surface area contributed by atoms with Crippen LogP contribution in [0.15, 0.2) is 108 Å². The second kappa shape index (κ2) is 15.1. The zero-order chi connectivity index (χ0) is 34.9. The Balaban J connectivity index is 0.000000219. The molecule has 3 aromatic heterocycles. The first-order chi connectivity index (χ1) is 23.3. The van der Waals surface area contributed by atoms with Gasteiger partial charge in [0.05, 0.1) is 5.58 Å². The molecule has 0 bridgehead atoms. The quantitative estimate of drug-likeness (QED) is 0.128. The molecule has 0 amide bonds. The Kier molecular flexibility index (Phi) is 11.3. The Morgan fingerprint density at radius 3 is 2.14 bits per heavy atom. The topological polar surface area (TPSA) is 38.9 Å². The van der Waals surface area contributed by atoms with Crippen molar-refractivity contribution in [3.05, 3.63) is 138 Å². The normalized spacial score (nSPS) is 11.6. The second-order valence-electron chi connectivity index (χ2n) is 15.1. The number of aryl methyl sites for hydroxylation is 2. The van der Waals surface area contributed by atoms with Crippen molar-refractivity contribution < 1.29 is 28.9 Å². The standard InChI is InChI=1S/C29H26NO.C15H17FGeN.Ir/c1-19-18-30-26(15-22(19)17-29(2,3)4)25-12-8-11-24-23-14-13-21(16-27(23)31-28(24)25)20-9-6-5-7-10-20;1-11-8-15(12-6-5-7-13(16)9-12)18-10-14(11)17(2,3)4;/h5-11,13-16,18H,17H2,1-4H3;5,7-10H,1-4H3;/q2*-1;. The summed E-state index contributed by atoms with van der Waals surface area (Å²) in [6, 6.07) is 36.0. The van der Waals surface area contributed by atoms with E-state index >= 15 is 0 Å². The summed E-state index contributed by atoms with van der Waals surface area (Å²) >= 11 is -1.86. The molecule has 257 valence electrons. The van der Waals surface area contributed by atoms with E-state index in [1.54, 1.807) is 6.07 Å². The maximum atomic E-state index is 13.2. The summed E-state index contributed by atoms with van der Waals surface area (Å²) in [6.45, 7) is 11.0. The van der Waals surface area contributed by atoms with Crippen molar-refractivity contribution in [1.82, 2.24) is 9.97 Å². The monoisotopic (exact) mass is 901 g/mol. The van der Waals surface area contributed by atoms with Gasteiger partial charge < -0.3 is 9.40 Å². The smallest absolute Gasteiger partial charge is 0.121 e. The first kappa shape index (κ1) is 37.4. The fourth-order valence-electron chi connectivity index (χ4n) is 6.28. The molecule has 3 heterocycles. The van der Waals surface area contributed by atoms with Crippen LogP contribution in [0.25, 0.3) is 55.6 Å². The summed E-state index contributed by atoms with van der Waals surface area (Å²) in [4.78, 5) is 9.20. The molecule has 7 rings (SSSR count). The first-order valence-electron chi connectivity index (χ1n) is 16.8. The van der Waals surface area contributed by atoms with Gasteiger partial charge in [0.2, 0.25) is 0 Å². The number of hydrogen-bond donors (Lipinski definition) is 0. The summed E-state index contributed by atoms with van der Waals surface area (Å²) in [7, 11) is 0. The SMILES string of the molecule is Cc1cc(-c2[c-]ccc(F)c2)nc[c]1[Ge]([CH3])([CH3])[CH3].Cc1cnc(-c2[c-]ccc3c2oc2cc(-c4ccccc4)ccc23)cc1CC(C)(C)C.[Ir]. The van der Waals surface area contributed by atoms with Gasteiger partial charge in [-0.05, 0) is 47.2 Å². The van der Waals surface area contributed by atoms with Gasteiger partial charge in [0.15, 0.2) is 0 Å². The predicted octanol–water partition coefficient (Wildman–Crippen LogP) is 11.6. The number of halogens is 1. The third-order valence-corrected chi connectivity index (χ3v) is 13.2. The van der Waals surface area contributed by atoms with E-state index in [2.05, 4.69) is 124 Å². The Morgan fingerprint density at radius 1 is 0.740 bits per heavy atom. The molecule has 0 aliphatic rings. The molecule has 0 fully saturated rings. The van der Waals surface area contributed by atoms with Crippen molar-refractivity contribution >= 4 is 39.6 Å². The number of hydrogen-bond acceptors (Lipinski definition) is 3. The fraction of sp³-hybridized carbons (Fsp3) is 0.227. The second-order valence-corrected chi connectivity index (χ2v) is 25.6. The predicted molar refractivity (Wildman–Crippen MR) is 205 cm³/mol. The van der Waals surface area contributed by atoms with Gasteiger partial charge in [-0.3, -0.25) is 0 Å². The van der Waals surface area contributed by atoms with Crippen LogP contribution in [0, 0.1) is 37.2 Å². The van der Waals surface area contributed by atoms with Gasteiger partial charge in [-0.2, -0.15) is 0 Å². The minimum atomic E-state index is -1.86. The number of benzene rings is 4. The summed E-state index contributed by atoms with van der Waals surface area (Å²) in [5.41, 5.74) is 11.4. The Labute approximate surface area is 312 Å². The van der Waals surface area contributed by atoms with E-state index in [0.29, 0.717) is 5.56 Å². The molecule has 0 saturated carbocycles. The van der Waals surface area contributed by atoms with Crippen LogP contribution in [0.3, 0.4) is 0 Å². The minimum absolute atomic E-state index is 0. The molecule has 6 heteroatoms. The van der Waals surface area contributed by atoms with Gasteiger partial charge >= 0.3 is 110 Å². The average molecular weight is 900 g/mol. The van der Waals surface area contributed by atoms with E-state index < -0.39 is 13.3 Å². The molecular weight excluding hydrogens is 856 g/mol. The van der Waals surface area contributed by atoms with Crippen molar-refractivity contribution in [2.75, 3.05) is 0 Å². The molecule has 0 N–H and O–H groups in total. The summed E-state index contributed by atoms with van der Waals surface area (Å²) < 4.78 is 21.0. The molecule has 0 aliphatic heterocycles. The number of rotatable bonds is 5. The van der Waals surface area contributed by atoms with E-state index in [4.69, 9.17) is 9.40 Å². The Hall–Kier alpha value is -3.90. The largest absolute Gasteiger partial charge is 0.501 e. The first-order valence-corrected chi connectivity index (χ1v) is 24.1. The van der Waals surface area contributed by atoms with E-state index in [1.165, 1.54) is 38.8 Å². The van der Waals surface area contributed by atoms with Crippen molar-refractivity contribution in [2.24, 2.45) is 5.41 Å². The van der Waals surface area contributed by atoms with Gasteiger partial charge in [-0.15, -0.1) is 18.2 Å². The maximum Gasteiger partial charge on any atom is 0.121 e. The van der Waals surface area contributed by atoms with Crippen LogP contribution in [0.5, 0.6) is 0 Å². The van der Waals surface area contributed by atoms with Crippen molar-refractivity contribution in [3.63, 3.8) is 0 Å². The number of nitrogens with zero attached hydrogens (tertiary/aromatic N) is 2. The average Bonchev–Trinajstić information content (AvgIpc) is 3.43. The van der Waals surface area contributed by atoms with E-state index in [-0.39, 0.29) is 31.3 Å². The Bertz CT molecular complexity index is 2270. The maximum absolute atomic E-state index is 13.2. The third kappa shape index (κ3) is 8.51. The third-order valence-electron chi connectivity index (χ3n) is 8.69. The van der Waals surface area contributed by atoms with Gasteiger partial charge in [0.1, 0.15) is 5.58 Å². The van der Waals surface area contributed by atoms with Crippen molar-refractivity contribution in [2.45, 2.75) is 58.3 Å². The number of aromatic nitrogens is 2. The van der Waals surface area contributed by atoms with Gasteiger partial charge in [-0.25, -0.2) is 0 Å². The number of furan rings is 1. The molecule has 1 radical (unpaired) electrons. The summed E-state index contributed by atoms with van der Waals surface area (Å²) in [6.07, 6.45) is 4.94. The molecule has 7 aromatic rings. The van der Waals surface area contributed by atoms with Crippen LogP contribution in [0.1, 0.15) is 37.5 Å². The molecule has 0 spiro atoms. The van der Waals surface area contributed by atoms with Crippen LogP contribution in [0.4, 0.5) is 4.39 Å². The van der Waals surface area contributed by atoms with Gasteiger partial charge in [-0.1, -0.05) is 85.8 Å². The molecule has 0 aliphatic carbocycles. The Morgan fingerprint density at radius 2 is 1.46 bits per heavy atom. The van der Waals surface area contributed by atoms with Gasteiger partial charge in [0, 0.05) is 31.7 Å². The van der Waals surface area contributed by atoms with Crippen molar-refractivity contribution in [1.29, 1.82) is 0 Å².